The molecule has 164 valence electrons. The van der Waals surface area contributed by atoms with Crippen LogP contribution in [0.15, 0.2) is 40.9 Å². The Bertz CT molecular complexity index is 1100. The Labute approximate surface area is 181 Å². The molecule has 9 nitrogen and oxygen atoms in total. The zero-order valence-corrected chi connectivity index (χ0v) is 17.8. The highest BCUT2D eigenvalue weighted by molar-refractivity contribution is 8.24. The summed E-state index contributed by atoms with van der Waals surface area (Å²) < 4.78 is 25.0. The average molecular weight is 444 g/mol. The Morgan fingerprint density at radius 2 is 1.90 bits per heavy atom. The maximum atomic E-state index is 12.5. The van der Waals surface area contributed by atoms with E-state index in [1.165, 1.54) is 0 Å². The number of nitrogens with zero attached hydrogens (tertiary/aromatic N) is 4. The summed E-state index contributed by atoms with van der Waals surface area (Å²) >= 11 is 0. The van der Waals surface area contributed by atoms with E-state index in [4.69, 9.17) is 4.52 Å². The molecule has 31 heavy (non-hydrogen) atoms. The van der Waals surface area contributed by atoms with Crippen molar-refractivity contribution in [1.29, 1.82) is 0 Å². The molecule has 2 fully saturated rings. The first-order chi connectivity index (χ1) is 15.0. The number of piperidine rings is 1. The third-order valence-corrected chi connectivity index (χ3v) is 7.82. The number of pyridine rings is 1. The Kier molecular flexibility index (Phi) is 5.28. The van der Waals surface area contributed by atoms with E-state index in [1.54, 1.807) is 4.90 Å². The number of para-hydroxylation sites is 1. The molecular formula is C21H25N5O4S. The predicted molar refractivity (Wildman–Crippen MR) is 118 cm³/mol. The molecule has 0 saturated carbocycles. The maximum absolute atomic E-state index is 12.5. The van der Waals surface area contributed by atoms with Crippen LogP contribution in [0, 0.1) is 0 Å². The number of aromatic nitrogens is 3. The summed E-state index contributed by atoms with van der Waals surface area (Å²) in [5, 5.41) is 8.10. The second-order valence-corrected chi connectivity index (χ2v) is 10.6. The van der Waals surface area contributed by atoms with Gasteiger partial charge in [-0.2, -0.15) is 15.6 Å². The molecule has 2 aliphatic heterocycles. The molecule has 2 amide bonds. The highest BCUT2D eigenvalue weighted by Gasteiger charge is 2.32. The summed E-state index contributed by atoms with van der Waals surface area (Å²) in [5.74, 6) is 1.77. The quantitative estimate of drug-likeness (QED) is 0.564. The number of rotatable bonds is 3. The number of hydrogen-bond donors (Lipinski definition) is 3. The Morgan fingerprint density at radius 3 is 2.68 bits per heavy atom. The summed E-state index contributed by atoms with van der Waals surface area (Å²) in [5.41, 5.74) is 1.56. The van der Waals surface area contributed by atoms with Crippen molar-refractivity contribution in [2.45, 2.75) is 31.2 Å². The molecule has 2 saturated heterocycles. The third kappa shape index (κ3) is 4.36. The van der Waals surface area contributed by atoms with E-state index in [0.29, 0.717) is 42.7 Å². The van der Waals surface area contributed by atoms with E-state index in [2.05, 4.69) is 20.4 Å². The molecule has 1 unspecified atom stereocenters. The van der Waals surface area contributed by atoms with Crippen molar-refractivity contribution in [1.82, 2.24) is 25.3 Å². The summed E-state index contributed by atoms with van der Waals surface area (Å²) in [7, 11) is -2.52. The van der Waals surface area contributed by atoms with Gasteiger partial charge in [0.2, 0.25) is 11.7 Å². The number of nitrogens with one attached hydrogen (secondary N) is 1. The lowest BCUT2D eigenvalue weighted by Gasteiger charge is -2.32. The molecule has 1 aromatic carbocycles. The minimum absolute atomic E-state index is 0.101. The van der Waals surface area contributed by atoms with Crippen LogP contribution in [0.25, 0.3) is 22.4 Å². The monoisotopic (exact) mass is 443 g/mol. The molecular weight excluding hydrogens is 418 g/mol. The van der Waals surface area contributed by atoms with Crippen LogP contribution in [0.3, 0.4) is 0 Å². The highest BCUT2D eigenvalue weighted by Crippen LogP contribution is 2.45. The summed E-state index contributed by atoms with van der Waals surface area (Å²) in [4.78, 5) is 23.5. The van der Waals surface area contributed by atoms with Crippen LogP contribution in [-0.2, 0) is 0 Å². The van der Waals surface area contributed by atoms with Gasteiger partial charge in [-0.15, -0.1) is 0 Å². The van der Waals surface area contributed by atoms with E-state index < -0.39 is 10.6 Å². The van der Waals surface area contributed by atoms with Gasteiger partial charge < -0.3 is 14.7 Å². The van der Waals surface area contributed by atoms with Crippen molar-refractivity contribution < 1.29 is 18.4 Å². The van der Waals surface area contributed by atoms with Gasteiger partial charge in [-0.1, -0.05) is 29.4 Å². The van der Waals surface area contributed by atoms with Gasteiger partial charge in [0.1, 0.15) is 5.69 Å². The normalized spacial score (nSPS) is 22.5. The van der Waals surface area contributed by atoms with Crippen molar-refractivity contribution in [3.8, 4) is 11.5 Å². The number of carbonyl (C=O) groups excluding carboxylic acids is 1. The van der Waals surface area contributed by atoms with Crippen LogP contribution in [-0.4, -0.2) is 65.8 Å². The van der Waals surface area contributed by atoms with Crippen LogP contribution in [0.4, 0.5) is 4.79 Å². The SMILES string of the molecule is O=C(NC1CCS(O)(O)C1)N1CCC(c2nc(-c3ccc4ccccc4n3)no2)CC1. The van der Waals surface area contributed by atoms with Crippen molar-refractivity contribution in [2.24, 2.45) is 0 Å². The molecule has 2 aliphatic rings. The van der Waals surface area contributed by atoms with E-state index in [1.807, 2.05) is 36.4 Å². The van der Waals surface area contributed by atoms with Gasteiger partial charge >= 0.3 is 6.03 Å². The minimum Gasteiger partial charge on any atom is -0.339 e. The molecule has 0 bridgehead atoms. The lowest BCUT2D eigenvalue weighted by molar-refractivity contribution is 0.172. The van der Waals surface area contributed by atoms with Crippen LogP contribution in [0.1, 0.15) is 31.1 Å². The molecule has 0 radical (unpaired) electrons. The zero-order chi connectivity index (χ0) is 21.4. The van der Waals surface area contributed by atoms with E-state index >= 15 is 0 Å². The third-order valence-electron chi connectivity index (χ3n) is 5.99. The van der Waals surface area contributed by atoms with Crippen molar-refractivity contribution >= 4 is 27.5 Å². The smallest absolute Gasteiger partial charge is 0.317 e. The number of carbonyl (C=O) groups is 1. The Balaban J connectivity index is 1.19. The number of amides is 2. The van der Waals surface area contributed by atoms with E-state index in [-0.39, 0.29) is 23.7 Å². The number of urea groups is 1. The second-order valence-electron chi connectivity index (χ2n) is 8.21. The molecule has 4 heterocycles. The first kappa shape index (κ1) is 20.2. The Morgan fingerprint density at radius 1 is 1.10 bits per heavy atom. The van der Waals surface area contributed by atoms with Crippen molar-refractivity contribution in [2.75, 3.05) is 24.6 Å². The van der Waals surface area contributed by atoms with Gasteiger partial charge in [0.15, 0.2) is 0 Å². The van der Waals surface area contributed by atoms with Gasteiger partial charge in [0.05, 0.1) is 11.3 Å². The lowest BCUT2D eigenvalue weighted by atomic mass is 9.97. The van der Waals surface area contributed by atoms with E-state index in [9.17, 15) is 13.9 Å². The fourth-order valence-corrected chi connectivity index (χ4v) is 5.95. The van der Waals surface area contributed by atoms with E-state index in [0.717, 1.165) is 23.7 Å². The molecule has 0 aliphatic carbocycles. The Hall–Kier alpha value is -2.69. The maximum Gasteiger partial charge on any atom is 0.317 e. The summed E-state index contributed by atoms with van der Waals surface area (Å²) in [6, 6.07) is 11.5. The highest BCUT2D eigenvalue weighted by atomic mass is 32.3. The lowest BCUT2D eigenvalue weighted by Crippen LogP contribution is -2.47. The zero-order valence-electron chi connectivity index (χ0n) is 17.0. The van der Waals surface area contributed by atoms with Gasteiger partial charge in [-0.25, -0.2) is 9.78 Å². The average Bonchev–Trinajstić information content (AvgIpc) is 3.40. The van der Waals surface area contributed by atoms with Crippen LogP contribution < -0.4 is 5.32 Å². The summed E-state index contributed by atoms with van der Waals surface area (Å²) in [6.07, 6.45) is 2.08. The number of benzene rings is 1. The first-order valence-corrected chi connectivity index (χ1v) is 12.3. The predicted octanol–water partition coefficient (Wildman–Crippen LogP) is 3.70. The van der Waals surface area contributed by atoms with Crippen molar-refractivity contribution in [3.05, 3.63) is 42.3 Å². The molecule has 0 spiro atoms. The van der Waals surface area contributed by atoms with Gasteiger partial charge in [-0.05, 0) is 31.4 Å². The van der Waals surface area contributed by atoms with Gasteiger partial charge in [0.25, 0.3) is 0 Å². The first-order valence-electron chi connectivity index (χ1n) is 10.5. The fourth-order valence-electron chi connectivity index (χ4n) is 4.22. The van der Waals surface area contributed by atoms with Crippen LogP contribution in [0.5, 0.6) is 0 Å². The number of hydrogen-bond acceptors (Lipinski definition) is 7. The molecule has 3 aromatic rings. The van der Waals surface area contributed by atoms with Crippen LogP contribution >= 0.6 is 10.6 Å². The largest absolute Gasteiger partial charge is 0.339 e. The molecule has 1 atom stereocenters. The molecule has 2 aromatic heterocycles. The van der Waals surface area contributed by atoms with Gasteiger partial charge in [0, 0.05) is 36.2 Å². The minimum atomic E-state index is -2.52. The standard InChI is InChI=1S/C21H25N5O4S/c27-21(22-16-9-12-31(28,29)13-16)26-10-7-15(8-11-26)20-24-19(25-30-20)18-6-5-14-3-1-2-4-17(14)23-18/h1-6,15-16,28-29H,7-13H2,(H,22,27). The number of fused-ring (bicyclic) bond motifs is 1. The molecule has 5 rings (SSSR count). The van der Waals surface area contributed by atoms with Gasteiger partial charge in [-0.3, -0.25) is 9.11 Å². The topological polar surface area (TPSA) is 125 Å². The second kappa shape index (κ2) is 8.10. The number of likely N-dealkylation sites (tertiary alicyclic amines) is 1. The molecule has 10 heteroatoms. The fraction of sp³-hybridized carbons (Fsp3) is 0.429. The van der Waals surface area contributed by atoms with Crippen LogP contribution in [0.2, 0.25) is 0 Å². The molecule has 3 N–H and O–H groups in total. The van der Waals surface area contributed by atoms with Crippen molar-refractivity contribution in [3.63, 3.8) is 0 Å². The summed E-state index contributed by atoms with van der Waals surface area (Å²) in [6.45, 7) is 1.18.